The second-order valence-corrected chi connectivity index (χ2v) is 4.14. The molecule has 0 aliphatic rings. The number of furan rings is 1. The van der Waals surface area contributed by atoms with Crippen LogP contribution in [0.1, 0.15) is 16.1 Å². The summed E-state index contributed by atoms with van der Waals surface area (Å²) in [7, 11) is 0. The molecule has 116 valence electrons. The highest BCUT2D eigenvalue weighted by Crippen LogP contribution is 2.35. The highest BCUT2D eigenvalue weighted by atomic mass is 19.4. The van der Waals surface area contributed by atoms with Gasteiger partial charge in [-0.2, -0.15) is 13.2 Å². The third kappa shape index (κ3) is 3.26. The van der Waals surface area contributed by atoms with E-state index in [1.807, 2.05) is 0 Å². The van der Waals surface area contributed by atoms with E-state index in [4.69, 9.17) is 16.0 Å². The van der Waals surface area contributed by atoms with E-state index in [0.29, 0.717) is 5.01 Å². The van der Waals surface area contributed by atoms with Crippen LogP contribution in [-0.4, -0.2) is 16.9 Å². The number of guanidine groups is 1. The number of nitrogens with two attached hydrogens (primary N) is 2. The predicted molar refractivity (Wildman–Crippen MR) is 71.8 cm³/mol. The largest absolute Gasteiger partial charge is 0.459 e. The lowest BCUT2D eigenvalue weighted by molar-refractivity contribution is -0.137. The van der Waals surface area contributed by atoms with Crippen LogP contribution in [0, 0.1) is 0 Å². The lowest BCUT2D eigenvalue weighted by atomic mass is 10.2. The van der Waals surface area contributed by atoms with E-state index in [-0.39, 0.29) is 5.76 Å². The SMILES string of the molecule is NC(=Nc1ccccc1C(F)(F)F)N(N)C(=O)c1ccco1. The van der Waals surface area contributed by atoms with Crippen LogP contribution < -0.4 is 11.6 Å². The topological polar surface area (TPSA) is 97.9 Å². The van der Waals surface area contributed by atoms with Crippen molar-refractivity contribution in [3.8, 4) is 0 Å². The molecular weight excluding hydrogens is 301 g/mol. The van der Waals surface area contributed by atoms with Gasteiger partial charge in [0, 0.05) is 0 Å². The second-order valence-electron chi connectivity index (χ2n) is 4.14. The van der Waals surface area contributed by atoms with Crippen LogP contribution in [0.25, 0.3) is 0 Å². The average Bonchev–Trinajstić information content (AvgIpc) is 2.99. The van der Waals surface area contributed by atoms with Crippen molar-refractivity contribution in [3.05, 3.63) is 54.0 Å². The molecule has 22 heavy (non-hydrogen) atoms. The van der Waals surface area contributed by atoms with Crippen LogP contribution in [0.15, 0.2) is 52.1 Å². The van der Waals surface area contributed by atoms with Crippen LogP contribution in [0.5, 0.6) is 0 Å². The van der Waals surface area contributed by atoms with Crippen molar-refractivity contribution in [2.24, 2.45) is 16.6 Å². The third-order valence-electron chi connectivity index (χ3n) is 2.64. The molecule has 0 bridgehead atoms. The molecule has 0 saturated heterocycles. The molecule has 0 spiro atoms. The Labute approximate surface area is 122 Å². The summed E-state index contributed by atoms with van der Waals surface area (Å²) in [5, 5.41) is 0.409. The number of rotatable bonds is 2. The number of nitrogens with zero attached hydrogens (tertiary/aromatic N) is 2. The number of aliphatic imine (C=N–C) groups is 1. The zero-order valence-electron chi connectivity index (χ0n) is 11.0. The second kappa shape index (κ2) is 5.90. The first-order valence-electron chi connectivity index (χ1n) is 5.93. The predicted octanol–water partition coefficient (Wildman–Crippen LogP) is 2.26. The first-order valence-corrected chi connectivity index (χ1v) is 5.93. The molecule has 0 fully saturated rings. The Bertz CT molecular complexity index is 696. The van der Waals surface area contributed by atoms with Crippen molar-refractivity contribution < 1.29 is 22.4 Å². The fourth-order valence-corrected chi connectivity index (χ4v) is 1.61. The number of para-hydroxylation sites is 1. The maximum Gasteiger partial charge on any atom is 0.418 e. The van der Waals surface area contributed by atoms with E-state index >= 15 is 0 Å². The highest BCUT2D eigenvalue weighted by Gasteiger charge is 2.33. The zero-order valence-corrected chi connectivity index (χ0v) is 11.0. The van der Waals surface area contributed by atoms with Crippen molar-refractivity contribution in [2.45, 2.75) is 6.18 Å². The molecule has 1 aromatic carbocycles. The van der Waals surface area contributed by atoms with Gasteiger partial charge in [-0.3, -0.25) is 4.79 Å². The molecule has 2 rings (SSSR count). The van der Waals surface area contributed by atoms with E-state index in [9.17, 15) is 18.0 Å². The Morgan fingerprint density at radius 2 is 1.86 bits per heavy atom. The van der Waals surface area contributed by atoms with Gasteiger partial charge in [-0.05, 0) is 24.3 Å². The van der Waals surface area contributed by atoms with Crippen molar-refractivity contribution in [3.63, 3.8) is 0 Å². The number of halogens is 3. The van der Waals surface area contributed by atoms with Gasteiger partial charge in [0.05, 0.1) is 17.5 Å². The van der Waals surface area contributed by atoms with Gasteiger partial charge in [-0.15, -0.1) is 0 Å². The number of hydrogen-bond donors (Lipinski definition) is 2. The lowest BCUT2D eigenvalue weighted by Crippen LogP contribution is -2.46. The number of alkyl halides is 3. The molecular formula is C13H11F3N4O2. The van der Waals surface area contributed by atoms with Gasteiger partial charge >= 0.3 is 12.1 Å². The van der Waals surface area contributed by atoms with Crippen molar-refractivity contribution in [1.82, 2.24) is 5.01 Å². The summed E-state index contributed by atoms with van der Waals surface area (Å²) in [6, 6.07) is 7.32. The van der Waals surface area contributed by atoms with Crippen molar-refractivity contribution >= 4 is 17.6 Å². The van der Waals surface area contributed by atoms with E-state index in [1.165, 1.54) is 30.5 Å². The van der Waals surface area contributed by atoms with Crippen molar-refractivity contribution in [1.29, 1.82) is 0 Å². The molecule has 9 heteroatoms. The molecule has 1 aromatic heterocycles. The van der Waals surface area contributed by atoms with E-state index in [2.05, 4.69) is 4.99 Å². The van der Waals surface area contributed by atoms with Gasteiger partial charge in [-0.25, -0.2) is 15.8 Å². The number of amides is 1. The Hall–Kier alpha value is -2.81. The quantitative estimate of drug-likeness (QED) is 0.292. The fraction of sp³-hybridized carbons (Fsp3) is 0.0769. The molecule has 0 saturated carbocycles. The molecule has 6 nitrogen and oxygen atoms in total. The summed E-state index contributed by atoms with van der Waals surface area (Å²) in [6.45, 7) is 0. The average molecular weight is 312 g/mol. The van der Waals surface area contributed by atoms with Crippen LogP contribution in [-0.2, 0) is 6.18 Å². The zero-order chi connectivity index (χ0) is 16.3. The van der Waals surface area contributed by atoms with E-state index < -0.39 is 29.3 Å². The lowest BCUT2D eigenvalue weighted by Gasteiger charge is -2.15. The Balaban J connectivity index is 2.32. The van der Waals surface area contributed by atoms with E-state index in [0.717, 1.165) is 12.1 Å². The summed E-state index contributed by atoms with van der Waals surface area (Å²) < 4.78 is 43.4. The molecule has 0 aliphatic carbocycles. The molecule has 0 radical (unpaired) electrons. The highest BCUT2D eigenvalue weighted by molar-refractivity contribution is 6.03. The first-order chi connectivity index (χ1) is 10.3. The third-order valence-corrected chi connectivity index (χ3v) is 2.64. The number of hydrazine groups is 1. The van der Waals surface area contributed by atoms with Gasteiger partial charge in [0.1, 0.15) is 0 Å². The van der Waals surface area contributed by atoms with Gasteiger partial charge in [0.2, 0.25) is 5.96 Å². The monoisotopic (exact) mass is 312 g/mol. The standard InChI is InChI=1S/C13H11F3N4O2/c14-13(15,16)8-4-1-2-5-9(8)19-12(17)20(18)11(21)10-6-3-7-22-10/h1-7H,18H2,(H2,17,19). The minimum absolute atomic E-state index is 0.121. The maximum atomic E-state index is 12.8. The Kier molecular flexibility index (Phi) is 4.18. The summed E-state index contributed by atoms with van der Waals surface area (Å²) in [5.74, 6) is 3.89. The van der Waals surface area contributed by atoms with Crippen LogP contribution in [0.2, 0.25) is 0 Å². The summed E-state index contributed by atoms with van der Waals surface area (Å²) >= 11 is 0. The summed E-state index contributed by atoms with van der Waals surface area (Å²) in [6.07, 6.45) is -3.36. The van der Waals surface area contributed by atoms with Gasteiger partial charge in [-0.1, -0.05) is 12.1 Å². The molecule has 1 heterocycles. The van der Waals surface area contributed by atoms with Crippen LogP contribution in [0.4, 0.5) is 18.9 Å². The number of carbonyl (C=O) groups is 1. The first kappa shape index (κ1) is 15.6. The smallest absolute Gasteiger partial charge is 0.418 e. The van der Waals surface area contributed by atoms with Gasteiger partial charge in [0.25, 0.3) is 0 Å². The van der Waals surface area contributed by atoms with Gasteiger partial charge in [0.15, 0.2) is 5.76 Å². The van der Waals surface area contributed by atoms with Crippen LogP contribution in [0.3, 0.4) is 0 Å². The summed E-state index contributed by atoms with van der Waals surface area (Å²) in [4.78, 5) is 15.4. The van der Waals surface area contributed by atoms with Gasteiger partial charge < -0.3 is 10.2 Å². The molecule has 0 aliphatic heterocycles. The van der Waals surface area contributed by atoms with Crippen LogP contribution >= 0.6 is 0 Å². The Morgan fingerprint density at radius 1 is 1.18 bits per heavy atom. The molecule has 0 atom stereocenters. The molecule has 4 N–H and O–H groups in total. The number of carbonyl (C=O) groups excluding carboxylic acids is 1. The fourth-order valence-electron chi connectivity index (χ4n) is 1.61. The Morgan fingerprint density at radius 3 is 2.45 bits per heavy atom. The number of benzene rings is 1. The molecule has 0 unspecified atom stereocenters. The molecule has 1 amide bonds. The molecule has 2 aromatic rings. The normalized spacial score (nSPS) is 12.3. The van der Waals surface area contributed by atoms with E-state index in [1.54, 1.807) is 0 Å². The number of hydrogen-bond acceptors (Lipinski definition) is 4. The summed E-state index contributed by atoms with van der Waals surface area (Å²) in [5.41, 5.74) is 4.05. The maximum absolute atomic E-state index is 12.8. The minimum Gasteiger partial charge on any atom is -0.459 e. The van der Waals surface area contributed by atoms with Crippen molar-refractivity contribution in [2.75, 3.05) is 0 Å². The minimum atomic E-state index is -4.61.